The lowest BCUT2D eigenvalue weighted by Crippen LogP contribution is -2.60. The van der Waals surface area contributed by atoms with Gasteiger partial charge in [0.05, 0.1) is 35.9 Å². The van der Waals surface area contributed by atoms with Crippen LogP contribution in [0.4, 0.5) is 9.59 Å². The van der Waals surface area contributed by atoms with E-state index >= 15 is 0 Å². The molecule has 17 atom stereocenters. The Labute approximate surface area is 444 Å². The maximum absolute atomic E-state index is 14.8. The summed E-state index contributed by atoms with van der Waals surface area (Å²) in [6, 6.07) is 17.9. The Morgan fingerprint density at radius 3 is 2.12 bits per heavy atom. The van der Waals surface area contributed by atoms with Crippen LogP contribution in [0.3, 0.4) is 0 Å². The van der Waals surface area contributed by atoms with Crippen LogP contribution >= 0.6 is 0 Å². The number of hydrogen-bond donors (Lipinski definition) is 6. The number of carbonyl (C=O) groups excluding carboxylic acids is 4. The number of alkyl carbamates (subject to hydrolysis) is 1. The lowest BCUT2D eigenvalue weighted by molar-refractivity contribution is -0.312. The molecule has 3 aliphatic rings. The van der Waals surface area contributed by atoms with Crippen molar-refractivity contribution >= 4 is 30.1 Å². The number of carbonyl (C=O) groups is 4. The first-order valence-electron chi connectivity index (χ1n) is 26.6. The van der Waals surface area contributed by atoms with Crippen molar-refractivity contribution in [2.45, 2.75) is 187 Å². The average molecular weight is 1050 g/mol. The van der Waals surface area contributed by atoms with Crippen LogP contribution in [0.1, 0.15) is 106 Å². The standard InChI is InChI=1S/C56H87N5O14/c1-14-42-46(64)48(73-53(66)57-28-27-40-23-19-16-20-24-40)37(6)61(13)32-33(2)30-56(10,68)49(74-52-45(63)41(60(11)12)29-34(3)69-52)35(4)47(36(5)51(65)71-42)72-44-31-55(8,9)50(38(7)70-44)75-54(67)59-58-43(62)26-25-39-21-17-15-18-22-39/h15-26,33-38,41-42,44-50,52,63-64,68H,14,27-32H2,1-13H3,(H,57,66)(H,58,62)(H,59,67)/b26-25+/t33-,34-,35+,36-,37-,38+,41+,42-,44+,45-,46+,47+,48-,49-,50+,52+,56+/m1/s1. The summed E-state index contributed by atoms with van der Waals surface area (Å²) in [5.41, 5.74) is 4.00. The Morgan fingerprint density at radius 2 is 1.49 bits per heavy atom. The molecular formula is C56H87N5O14. The van der Waals surface area contributed by atoms with Crippen molar-refractivity contribution in [3.05, 3.63) is 77.9 Å². The molecule has 3 aliphatic heterocycles. The minimum absolute atomic E-state index is 0.153. The predicted molar refractivity (Wildman–Crippen MR) is 281 cm³/mol. The molecule has 0 aromatic heterocycles. The van der Waals surface area contributed by atoms with Crippen molar-refractivity contribution in [1.29, 1.82) is 0 Å². The number of nitrogens with zero attached hydrogens (tertiary/aromatic N) is 2. The van der Waals surface area contributed by atoms with Gasteiger partial charge < -0.3 is 58.7 Å². The fourth-order valence-electron chi connectivity index (χ4n) is 11.0. The number of cyclic esters (lactones) is 1. The molecule has 5 rings (SSSR count). The molecule has 0 spiro atoms. The van der Waals surface area contributed by atoms with E-state index in [1.165, 1.54) is 6.08 Å². The number of amides is 3. The number of likely N-dealkylation sites (N-methyl/N-ethyl adjacent to an activating group) is 2. The van der Waals surface area contributed by atoms with Crippen molar-refractivity contribution in [3.63, 3.8) is 0 Å². The lowest BCUT2D eigenvalue weighted by Gasteiger charge is -2.49. The van der Waals surface area contributed by atoms with Crippen LogP contribution in [-0.4, -0.2) is 169 Å². The van der Waals surface area contributed by atoms with Crippen molar-refractivity contribution in [1.82, 2.24) is 26.0 Å². The molecule has 0 radical (unpaired) electrons. The number of hydrazine groups is 1. The molecule has 3 heterocycles. The smallest absolute Gasteiger partial charge is 0.426 e. The normalized spacial score (nSPS) is 35.3. The molecule has 0 unspecified atom stereocenters. The molecule has 0 saturated carbocycles. The Hall–Kier alpha value is -4.70. The van der Waals surface area contributed by atoms with Crippen molar-refractivity contribution in [2.75, 3.05) is 34.2 Å². The Balaban J connectivity index is 1.44. The maximum atomic E-state index is 14.8. The van der Waals surface area contributed by atoms with Gasteiger partial charge in [0, 0.05) is 49.0 Å². The van der Waals surface area contributed by atoms with Gasteiger partial charge in [0.1, 0.15) is 30.5 Å². The summed E-state index contributed by atoms with van der Waals surface area (Å²) >= 11 is 0. The highest BCUT2D eigenvalue weighted by molar-refractivity contribution is 5.92. The number of hydrogen-bond acceptors (Lipinski definition) is 16. The third-order valence-corrected chi connectivity index (χ3v) is 15.0. The summed E-state index contributed by atoms with van der Waals surface area (Å²) in [5.74, 6) is -3.52. The first kappa shape index (κ1) is 61.2. The SMILES string of the molecule is CC[C@H]1OC(=O)[C@H](C)[C@@H](O[C@H]2CC(C)(C)[C@@H](OC(=O)NNC(=O)/C=C/c3ccccc3)[C@H](C)O2)[C@H](C)[C@@H](O[C@@H]2O[C@H](C)C[C@H](N(C)C)[C@H]2O)[C@@](C)(O)C[C@@H](C)CN(C)[C@H](C)[C@@H](OC(=O)NCCc2ccccc2)[C@H]1O. The van der Waals surface area contributed by atoms with Crippen LogP contribution < -0.4 is 16.2 Å². The molecule has 19 heteroatoms. The van der Waals surface area contributed by atoms with Gasteiger partial charge in [-0.2, -0.15) is 0 Å². The Bertz CT molecular complexity index is 2150. The number of aliphatic hydroxyl groups is 3. The second-order valence-corrected chi connectivity index (χ2v) is 22.3. The van der Waals surface area contributed by atoms with Gasteiger partial charge in [0.25, 0.3) is 5.91 Å². The van der Waals surface area contributed by atoms with E-state index in [0.717, 1.165) is 11.1 Å². The highest BCUT2D eigenvalue weighted by Gasteiger charge is 2.52. The Morgan fingerprint density at radius 1 is 0.840 bits per heavy atom. The number of nitrogens with one attached hydrogen (secondary N) is 3. The summed E-state index contributed by atoms with van der Waals surface area (Å²) in [4.78, 5) is 57.8. The molecule has 420 valence electrons. The summed E-state index contributed by atoms with van der Waals surface area (Å²) in [6.07, 6.45) is -8.45. The van der Waals surface area contributed by atoms with E-state index in [4.69, 9.17) is 33.2 Å². The fraction of sp³-hybridized carbons (Fsp3) is 0.679. The van der Waals surface area contributed by atoms with Gasteiger partial charge in [0.15, 0.2) is 12.6 Å². The van der Waals surface area contributed by atoms with Gasteiger partial charge in [0.2, 0.25) is 0 Å². The summed E-state index contributed by atoms with van der Waals surface area (Å²) in [5, 5.41) is 39.7. The number of rotatable bonds is 13. The second kappa shape index (κ2) is 27.6. The molecule has 0 bridgehead atoms. The van der Waals surface area contributed by atoms with Crippen LogP contribution in [0.15, 0.2) is 66.7 Å². The van der Waals surface area contributed by atoms with Gasteiger partial charge in [-0.1, -0.05) is 95.3 Å². The first-order chi connectivity index (χ1) is 35.3. The van der Waals surface area contributed by atoms with E-state index in [9.17, 15) is 34.5 Å². The zero-order valence-electron chi connectivity index (χ0n) is 46.3. The molecular weight excluding hydrogens is 967 g/mol. The molecule has 2 aromatic carbocycles. The quantitative estimate of drug-likeness (QED) is 0.0621. The molecule has 3 amide bonds. The van der Waals surface area contributed by atoms with E-state index < -0.39 is 114 Å². The van der Waals surface area contributed by atoms with E-state index in [2.05, 4.69) is 16.2 Å². The van der Waals surface area contributed by atoms with Crippen LogP contribution in [-0.2, 0) is 49.2 Å². The zero-order chi connectivity index (χ0) is 55.4. The van der Waals surface area contributed by atoms with Gasteiger partial charge in [-0.15, -0.1) is 0 Å². The number of ether oxygens (including phenoxy) is 7. The fourth-order valence-corrected chi connectivity index (χ4v) is 11.0. The maximum Gasteiger partial charge on any atom is 0.426 e. The largest absolute Gasteiger partial charge is 0.459 e. The van der Waals surface area contributed by atoms with Gasteiger partial charge in [-0.3, -0.25) is 19.9 Å². The average Bonchev–Trinajstić information content (AvgIpc) is 3.35. The monoisotopic (exact) mass is 1050 g/mol. The third-order valence-electron chi connectivity index (χ3n) is 15.0. The predicted octanol–water partition coefficient (Wildman–Crippen LogP) is 5.59. The van der Waals surface area contributed by atoms with Crippen LogP contribution in [0.5, 0.6) is 0 Å². The van der Waals surface area contributed by atoms with E-state index in [0.29, 0.717) is 19.4 Å². The first-order valence-corrected chi connectivity index (χ1v) is 26.6. The van der Waals surface area contributed by atoms with Crippen LogP contribution in [0.25, 0.3) is 6.08 Å². The molecule has 3 saturated heterocycles. The molecule has 0 aliphatic carbocycles. The van der Waals surface area contributed by atoms with Crippen LogP contribution in [0, 0.1) is 23.2 Å². The minimum Gasteiger partial charge on any atom is -0.459 e. The summed E-state index contributed by atoms with van der Waals surface area (Å²) in [7, 11) is 5.58. The van der Waals surface area contributed by atoms with E-state index in [1.54, 1.807) is 40.7 Å². The highest BCUT2D eigenvalue weighted by atomic mass is 16.7. The molecule has 75 heavy (non-hydrogen) atoms. The molecule has 19 nitrogen and oxygen atoms in total. The topological polar surface area (TPSA) is 236 Å². The van der Waals surface area contributed by atoms with Crippen molar-refractivity contribution in [3.8, 4) is 0 Å². The van der Waals surface area contributed by atoms with Crippen molar-refractivity contribution in [2.24, 2.45) is 23.2 Å². The van der Waals surface area contributed by atoms with E-state index in [1.807, 2.05) is 126 Å². The highest BCUT2D eigenvalue weighted by Crippen LogP contribution is 2.42. The van der Waals surface area contributed by atoms with E-state index in [-0.39, 0.29) is 43.9 Å². The third kappa shape index (κ3) is 17.1. The molecule has 2 aromatic rings. The zero-order valence-corrected chi connectivity index (χ0v) is 46.3. The van der Waals surface area contributed by atoms with Crippen molar-refractivity contribution < 1.29 is 67.7 Å². The lowest BCUT2D eigenvalue weighted by atomic mass is 9.77. The number of aliphatic hydroxyl groups excluding tert-OH is 2. The number of esters is 1. The molecule has 3 fully saturated rings. The Kier molecular flexibility index (Phi) is 22.5. The second-order valence-electron chi connectivity index (χ2n) is 22.3. The molecule has 6 N–H and O–H groups in total. The number of benzene rings is 2. The van der Waals surface area contributed by atoms with Gasteiger partial charge in [-0.25, -0.2) is 15.0 Å². The van der Waals surface area contributed by atoms with Crippen LogP contribution in [0.2, 0.25) is 0 Å². The summed E-state index contributed by atoms with van der Waals surface area (Å²) < 4.78 is 44.7. The summed E-state index contributed by atoms with van der Waals surface area (Å²) in [6.45, 7) is 18.7. The minimum atomic E-state index is -1.66. The van der Waals surface area contributed by atoms with Gasteiger partial charge in [-0.05, 0) is 105 Å². The van der Waals surface area contributed by atoms with Gasteiger partial charge >= 0.3 is 18.2 Å².